The largest absolute Gasteiger partial charge is 0.393 e. The third-order valence-electron chi connectivity index (χ3n) is 2.05. The van der Waals surface area contributed by atoms with Crippen molar-refractivity contribution in [3.63, 3.8) is 0 Å². The molecule has 22 heavy (non-hydrogen) atoms. The SMILES string of the molecule is CC(O)CC(C)O.CC(O)CC(C)O.CC(O)CC(C)O.[Mn]. The van der Waals surface area contributed by atoms with Crippen molar-refractivity contribution in [2.24, 2.45) is 0 Å². The molecule has 6 unspecified atom stereocenters. The summed E-state index contributed by atoms with van der Waals surface area (Å²) in [6, 6.07) is 0. The Labute approximate surface area is 145 Å². The molecule has 7 heteroatoms. The summed E-state index contributed by atoms with van der Waals surface area (Å²) in [4.78, 5) is 0. The van der Waals surface area contributed by atoms with Gasteiger partial charge in [0, 0.05) is 17.1 Å². The fourth-order valence-corrected chi connectivity index (χ4v) is 1.48. The Hall–Kier alpha value is 0.279. The molecule has 0 bridgehead atoms. The van der Waals surface area contributed by atoms with Crippen LogP contribution in [0.2, 0.25) is 0 Å². The summed E-state index contributed by atoms with van der Waals surface area (Å²) in [5.41, 5.74) is 0. The molecular formula is C15H36MnO6. The van der Waals surface area contributed by atoms with Crippen LogP contribution in [0.5, 0.6) is 0 Å². The molecule has 6 nitrogen and oxygen atoms in total. The van der Waals surface area contributed by atoms with Gasteiger partial charge in [0.1, 0.15) is 0 Å². The summed E-state index contributed by atoms with van der Waals surface area (Å²) in [5.74, 6) is 0. The first kappa shape index (κ1) is 30.2. The van der Waals surface area contributed by atoms with E-state index >= 15 is 0 Å². The molecule has 0 aliphatic rings. The second-order valence-electron chi connectivity index (χ2n) is 5.80. The van der Waals surface area contributed by atoms with Crippen molar-refractivity contribution in [3.8, 4) is 0 Å². The van der Waals surface area contributed by atoms with Gasteiger partial charge in [-0.05, 0) is 60.8 Å². The third-order valence-corrected chi connectivity index (χ3v) is 2.05. The van der Waals surface area contributed by atoms with Gasteiger partial charge in [-0.3, -0.25) is 0 Å². The van der Waals surface area contributed by atoms with Gasteiger partial charge in [-0.2, -0.15) is 0 Å². The van der Waals surface area contributed by atoms with Crippen molar-refractivity contribution < 1.29 is 47.7 Å². The number of aliphatic hydroxyl groups is 6. The molecule has 139 valence electrons. The van der Waals surface area contributed by atoms with Crippen LogP contribution in [-0.2, 0) is 17.1 Å². The Morgan fingerprint density at radius 3 is 0.500 bits per heavy atom. The predicted molar refractivity (Wildman–Crippen MR) is 83.9 cm³/mol. The molecule has 0 fully saturated rings. The smallest absolute Gasteiger partial charge is 0.0536 e. The van der Waals surface area contributed by atoms with Gasteiger partial charge in [0.05, 0.1) is 36.6 Å². The Morgan fingerprint density at radius 2 is 0.500 bits per heavy atom. The van der Waals surface area contributed by atoms with Crippen molar-refractivity contribution in [2.75, 3.05) is 0 Å². The Kier molecular flexibility index (Phi) is 26.5. The summed E-state index contributed by atoms with van der Waals surface area (Å²) in [6.07, 6.45) is -0.833. The van der Waals surface area contributed by atoms with Crippen molar-refractivity contribution in [1.82, 2.24) is 0 Å². The van der Waals surface area contributed by atoms with E-state index in [1.54, 1.807) is 41.5 Å². The topological polar surface area (TPSA) is 121 Å². The molecule has 0 saturated carbocycles. The average molecular weight is 367 g/mol. The summed E-state index contributed by atoms with van der Waals surface area (Å²) >= 11 is 0. The fourth-order valence-electron chi connectivity index (χ4n) is 1.48. The first-order valence-electron chi connectivity index (χ1n) is 7.46. The van der Waals surface area contributed by atoms with Crippen LogP contribution in [0, 0.1) is 0 Å². The van der Waals surface area contributed by atoms with E-state index in [9.17, 15) is 0 Å². The fraction of sp³-hybridized carbons (Fsp3) is 1.00. The van der Waals surface area contributed by atoms with Crippen molar-refractivity contribution in [2.45, 2.75) is 97.4 Å². The van der Waals surface area contributed by atoms with E-state index < -0.39 is 0 Å². The molecule has 1 radical (unpaired) electrons. The normalized spacial score (nSPS) is 18.0. The number of aliphatic hydroxyl groups excluding tert-OH is 6. The van der Waals surface area contributed by atoms with E-state index in [0.717, 1.165) is 0 Å². The maximum atomic E-state index is 8.56. The molecule has 0 heterocycles. The van der Waals surface area contributed by atoms with Gasteiger partial charge in [-0.25, -0.2) is 0 Å². The van der Waals surface area contributed by atoms with Crippen LogP contribution >= 0.6 is 0 Å². The molecule has 6 atom stereocenters. The van der Waals surface area contributed by atoms with Crippen LogP contribution in [0.15, 0.2) is 0 Å². The van der Waals surface area contributed by atoms with Gasteiger partial charge in [0.15, 0.2) is 0 Å². The minimum absolute atomic E-state index is 0. The second-order valence-corrected chi connectivity index (χ2v) is 5.80. The summed E-state index contributed by atoms with van der Waals surface area (Å²) in [6.45, 7) is 9.96. The van der Waals surface area contributed by atoms with E-state index in [0.29, 0.717) is 19.3 Å². The predicted octanol–water partition coefficient (Wildman–Crippen LogP) is 0.412. The summed E-state index contributed by atoms with van der Waals surface area (Å²) in [5, 5.41) is 51.4. The molecular weight excluding hydrogens is 331 g/mol. The molecule has 0 amide bonds. The molecule has 0 rings (SSSR count). The van der Waals surface area contributed by atoms with E-state index in [-0.39, 0.29) is 53.7 Å². The van der Waals surface area contributed by atoms with E-state index in [2.05, 4.69) is 0 Å². The van der Waals surface area contributed by atoms with Crippen LogP contribution < -0.4 is 0 Å². The maximum absolute atomic E-state index is 8.56. The van der Waals surface area contributed by atoms with Gasteiger partial charge in [0.25, 0.3) is 0 Å². The molecule has 0 aromatic heterocycles. The standard InChI is InChI=1S/3C5H12O2.Mn/c3*1-4(6)3-5(2)7;/h3*4-7H,3H2,1-2H3;. The molecule has 0 aliphatic heterocycles. The van der Waals surface area contributed by atoms with Crippen molar-refractivity contribution in [3.05, 3.63) is 0 Å². The number of hydrogen-bond acceptors (Lipinski definition) is 6. The summed E-state index contributed by atoms with van der Waals surface area (Å²) in [7, 11) is 0. The molecule has 0 aliphatic carbocycles. The van der Waals surface area contributed by atoms with Gasteiger partial charge < -0.3 is 30.6 Å². The zero-order valence-corrected chi connectivity index (χ0v) is 15.8. The first-order valence-corrected chi connectivity index (χ1v) is 7.46. The number of hydrogen-bond donors (Lipinski definition) is 6. The first-order chi connectivity index (χ1) is 9.38. The maximum Gasteiger partial charge on any atom is 0.0536 e. The van der Waals surface area contributed by atoms with Crippen LogP contribution in [0.1, 0.15) is 60.8 Å². The molecule has 6 N–H and O–H groups in total. The molecule has 0 spiro atoms. The molecule has 0 aromatic carbocycles. The molecule has 0 saturated heterocycles. The third kappa shape index (κ3) is 50.0. The quantitative estimate of drug-likeness (QED) is 0.378. The zero-order chi connectivity index (χ0) is 17.6. The van der Waals surface area contributed by atoms with Crippen molar-refractivity contribution >= 4 is 0 Å². The van der Waals surface area contributed by atoms with Gasteiger partial charge >= 0.3 is 0 Å². The van der Waals surface area contributed by atoms with Crippen LogP contribution in [-0.4, -0.2) is 67.3 Å². The molecule has 0 aromatic rings. The Balaban J connectivity index is -0.000000108. The summed E-state index contributed by atoms with van der Waals surface area (Å²) < 4.78 is 0. The van der Waals surface area contributed by atoms with Crippen LogP contribution in [0.25, 0.3) is 0 Å². The Bertz CT molecular complexity index is 145. The van der Waals surface area contributed by atoms with E-state index in [1.165, 1.54) is 0 Å². The van der Waals surface area contributed by atoms with Gasteiger partial charge in [-0.15, -0.1) is 0 Å². The van der Waals surface area contributed by atoms with Crippen molar-refractivity contribution in [1.29, 1.82) is 0 Å². The van der Waals surface area contributed by atoms with Gasteiger partial charge in [-0.1, -0.05) is 0 Å². The average Bonchev–Trinajstić information content (AvgIpc) is 2.10. The van der Waals surface area contributed by atoms with E-state index in [4.69, 9.17) is 30.6 Å². The number of rotatable bonds is 6. The minimum atomic E-state index is -0.375. The van der Waals surface area contributed by atoms with Crippen LogP contribution in [0.3, 0.4) is 0 Å². The van der Waals surface area contributed by atoms with E-state index in [1.807, 2.05) is 0 Å². The Morgan fingerprint density at radius 1 is 0.409 bits per heavy atom. The van der Waals surface area contributed by atoms with Gasteiger partial charge in [0.2, 0.25) is 0 Å². The minimum Gasteiger partial charge on any atom is -0.393 e. The monoisotopic (exact) mass is 367 g/mol. The van der Waals surface area contributed by atoms with Crippen LogP contribution in [0.4, 0.5) is 0 Å². The zero-order valence-electron chi connectivity index (χ0n) is 14.6. The second kappa shape index (κ2) is 19.3.